The monoisotopic (exact) mass is 368 g/mol. The van der Waals surface area contributed by atoms with E-state index in [1.54, 1.807) is 43.1 Å². The summed E-state index contributed by atoms with van der Waals surface area (Å²) in [5.41, 5.74) is 0.681. The lowest BCUT2D eigenvalue weighted by atomic mass is 9.89. The fraction of sp³-hybridized carbons (Fsp3) is 0.333. The number of amides is 1. The molecule has 1 aliphatic heterocycles. The summed E-state index contributed by atoms with van der Waals surface area (Å²) >= 11 is 0. The van der Waals surface area contributed by atoms with Crippen molar-refractivity contribution in [3.8, 4) is 5.75 Å². The number of phenols is 1. The van der Waals surface area contributed by atoms with Crippen molar-refractivity contribution in [1.82, 2.24) is 10.2 Å². The van der Waals surface area contributed by atoms with Gasteiger partial charge in [0.25, 0.3) is 0 Å². The topological polar surface area (TPSA) is 89.9 Å². The molecule has 142 valence electrons. The number of benzene rings is 2. The zero-order valence-corrected chi connectivity index (χ0v) is 15.4. The van der Waals surface area contributed by atoms with Crippen molar-refractivity contribution in [2.75, 3.05) is 7.05 Å². The maximum Gasteiger partial charge on any atom is 0.323 e. The van der Waals surface area contributed by atoms with Crippen molar-refractivity contribution >= 4 is 11.9 Å². The van der Waals surface area contributed by atoms with Gasteiger partial charge in [-0.1, -0.05) is 42.5 Å². The van der Waals surface area contributed by atoms with Crippen molar-refractivity contribution in [2.24, 2.45) is 5.92 Å². The molecular formula is C21H24N2O4. The van der Waals surface area contributed by atoms with Crippen molar-refractivity contribution in [2.45, 2.75) is 31.5 Å². The fourth-order valence-corrected chi connectivity index (χ4v) is 3.78. The van der Waals surface area contributed by atoms with Crippen LogP contribution in [0.3, 0.4) is 0 Å². The standard InChI is InChI=1S/C21H24N2O4/c1-21(20(26)27)12-17(18(23(21)2)15-6-4-3-5-7-15)19(25)22-13-14-8-10-16(24)11-9-14/h3-11,17-18,24H,12-13H2,1-2H3,(H,22,25)(H,26,27)/t17-,18-,21-/m0/s1. The molecule has 3 N–H and O–H groups in total. The first-order chi connectivity index (χ1) is 12.8. The second-order valence-electron chi connectivity index (χ2n) is 7.24. The smallest absolute Gasteiger partial charge is 0.323 e. The highest BCUT2D eigenvalue weighted by molar-refractivity contribution is 5.85. The number of aromatic hydroxyl groups is 1. The number of phenolic OH excluding ortho intramolecular Hbond substituents is 1. The Morgan fingerprint density at radius 1 is 1.15 bits per heavy atom. The molecule has 6 nitrogen and oxygen atoms in total. The van der Waals surface area contributed by atoms with Crippen LogP contribution in [0, 0.1) is 5.92 Å². The lowest BCUT2D eigenvalue weighted by Gasteiger charge is -2.32. The molecule has 1 heterocycles. The van der Waals surface area contributed by atoms with E-state index in [-0.39, 0.29) is 24.1 Å². The van der Waals surface area contributed by atoms with Crippen LogP contribution in [-0.4, -0.2) is 39.6 Å². The van der Waals surface area contributed by atoms with E-state index >= 15 is 0 Å². The van der Waals surface area contributed by atoms with Crippen LogP contribution >= 0.6 is 0 Å². The predicted molar refractivity (Wildman–Crippen MR) is 101 cm³/mol. The summed E-state index contributed by atoms with van der Waals surface area (Å²) in [6.45, 7) is 1.99. The number of aliphatic carboxylic acids is 1. The number of carboxylic acid groups (broad SMARTS) is 1. The largest absolute Gasteiger partial charge is 0.508 e. The van der Waals surface area contributed by atoms with Crippen molar-refractivity contribution < 1.29 is 19.8 Å². The minimum atomic E-state index is -1.11. The van der Waals surface area contributed by atoms with Gasteiger partial charge >= 0.3 is 5.97 Å². The number of carbonyl (C=O) groups is 2. The van der Waals surface area contributed by atoms with E-state index in [4.69, 9.17) is 0 Å². The molecule has 0 radical (unpaired) electrons. The van der Waals surface area contributed by atoms with Crippen molar-refractivity contribution in [3.63, 3.8) is 0 Å². The molecule has 0 aromatic heterocycles. The van der Waals surface area contributed by atoms with E-state index in [1.165, 1.54) is 0 Å². The second-order valence-corrected chi connectivity index (χ2v) is 7.24. The number of likely N-dealkylation sites (N-methyl/N-ethyl adjacent to an activating group) is 1. The first kappa shape index (κ1) is 18.9. The van der Waals surface area contributed by atoms with Gasteiger partial charge in [0, 0.05) is 12.6 Å². The fourth-order valence-electron chi connectivity index (χ4n) is 3.78. The number of nitrogens with one attached hydrogen (secondary N) is 1. The molecule has 1 saturated heterocycles. The molecule has 2 aromatic rings. The number of nitrogens with zero attached hydrogens (tertiary/aromatic N) is 1. The van der Waals surface area contributed by atoms with Crippen LogP contribution < -0.4 is 5.32 Å². The Morgan fingerprint density at radius 2 is 1.78 bits per heavy atom. The van der Waals surface area contributed by atoms with E-state index in [9.17, 15) is 19.8 Å². The third-order valence-corrected chi connectivity index (χ3v) is 5.54. The maximum absolute atomic E-state index is 12.9. The van der Waals surface area contributed by atoms with Crippen LogP contribution in [-0.2, 0) is 16.1 Å². The van der Waals surface area contributed by atoms with Gasteiger partial charge in [-0.05, 0) is 43.7 Å². The van der Waals surface area contributed by atoms with Crippen LogP contribution in [0.5, 0.6) is 5.75 Å². The zero-order chi connectivity index (χ0) is 19.6. The molecule has 6 heteroatoms. The molecule has 1 amide bonds. The summed E-state index contributed by atoms with van der Waals surface area (Å²) in [5, 5.41) is 22.0. The summed E-state index contributed by atoms with van der Waals surface area (Å²) in [6, 6.07) is 15.8. The highest BCUT2D eigenvalue weighted by Gasteiger charge is 2.54. The Kier molecular flexibility index (Phi) is 5.19. The second kappa shape index (κ2) is 7.40. The molecule has 0 bridgehead atoms. The number of hydrogen-bond acceptors (Lipinski definition) is 4. The summed E-state index contributed by atoms with van der Waals surface area (Å²) < 4.78 is 0. The lowest BCUT2D eigenvalue weighted by molar-refractivity contribution is -0.148. The van der Waals surface area contributed by atoms with E-state index in [0.29, 0.717) is 6.54 Å². The molecule has 0 spiro atoms. The first-order valence-corrected chi connectivity index (χ1v) is 8.90. The van der Waals surface area contributed by atoms with Gasteiger partial charge in [0.15, 0.2) is 0 Å². The van der Waals surface area contributed by atoms with Crippen LogP contribution in [0.25, 0.3) is 0 Å². The number of hydrogen-bond donors (Lipinski definition) is 3. The zero-order valence-electron chi connectivity index (χ0n) is 15.4. The summed E-state index contributed by atoms with van der Waals surface area (Å²) in [4.78, 5) is 26.6. The Hall–Kier alpha value is -2.86. The average Bonchev–Trinajstić information content (AvgIpc) is 2.94. The Bertz CT molecular complexity index is 822. The molecule has 3 atom stereocenters. The SMILES string of the molecule is CN1[C@@H](c2ccccc2)[C@@H](C(=O)NCc2ccc(O)cc2)C[C@@]1(C)C(=O)O. The van der Waals surface area contributed by atoms with Gasteiger partial charge in [-0.25, -0.2) is 0 Å². The van der Waals surface area contributed by atoms with E-state index in [1.807, 2.05) is 30.3 Å². The molecule has 0 unspecified atom stereocenters. The minimum absolute atomic E-state index is 0.170. The van der Waals surface area contributed by atoms with Crippen LogP contribution in [0.1, 0.15) is 30.5 Å². The Labute approximate surface area is 158 Å². The van der Waals surface area contributed by atoms with E-state index in [0.717, 1.165) is 11.1 Å². The number of likely N-dealkylation sites (tertiary alicyclic amines) is 1. The van der Waals surface area contributed by atoms with Gasteiger partial charge < -0.3 is 15.5 Å². The first-order valence-electron chi connectivity index (χ1n) is 8.90. The normalized spacial score (nSPS) is 25.3. The third kappa shape index (κ3) is 3.66. The molecule has 1 fully saturated rings. The van der Waals surface area contributed by atoms with E-state index < -0.39 is 17.4 Å². The van der Waals surface area contributed by atoms with Gasteiger partial charge in [0.2, 0.25) is 5.91 Å². The number of carboxylic acids is 1. The average molecular weight is 368 g/mol. The van der Waals surface area contributed by atoms with Crippen LogP contribution in [0.15, 0.2) is 54.6 Å². The summed E-state index contributed by atoms with van der Waals surface area (Å²) in [6.07, 6.45) is 0.236. The predicted octanol–water partition coefficient (Wildman–Crippen LogP) is 2.54. The molecule has 3 rings (SSSR count). The highest BCUT2D eigenvalue weighted by Crippen LogP contribution is 2.45. The molecule has 0 aliphatic carbocycles. The molecule has 2 aromatic carbocycles. The molecule has 27 heavy (non-hydrogen) atoms. The summed E-state index contributed by atoms with van der Waals surface area (Å²) in [7, 11) is 1.76. The van der Waals surface area contributed by atoms with Crippen LogP contribution in [0.4, 0.5) is 0 Å². The van der Waals surface area contributed by atoms with Gasteiger partial charge in [-0.3, -0.25) is 14.5 Å². The Balaban J connectivity index is 1.82. The van der Waals surface area contributed by atoms with E-state index in [2.05, 4.69) is 5.32 Å². The van der Waals surface area contributed by atoms with Crippen molar-refractivity contribution in [3.05, 3.63) is 65.7 Å². The molecule has 1 aliphatic rings. The highest BCUT2D eigenvalue weighted by atomic mass is 16.4. The van der Waals surface area contributed by atoms with Crippen molar-refractivity contribution in [1.29, 1.82) is 0 Å². The minimum Gasteiger partial charge on any atom is -0.508 e. The lowest BCUT2D eigenvalue weighted by Crippen LogP contribution is -2.46. The van der Waals surface area contributed by atoms with Gasteiger partial charge in [0.05, 0.1) is 5.92 Å². The third-order valence-electron chi connectivity index (χ3n) is 5.54. The summed E-state index contributed by atoms with van der Waals surface area (Å²) in [5.74, 6) is -1.41. The Morgan fingerprint density at radius 3 is 2.37 bits per heavy atom. The van der Waals surface area contributed by atoms with Crippen LogP contribution in [0.2, 0.25) is 0 Å². The van der Waals surface area contributed by atoms with Gasteiger partial charge in [-0.15, -0.1) is 0 Å². The van der Waals surface area contributed by atoms with Gasteiger partial charge in [0.1, 0.15) is 11.3 Å². The van der Waals surface area contributed by atoms with Gasteiger partial charge in [-0.2, -0.15) is 0 Å². The number of rotatable bonds is 5. The number of carbonyl (C=O) groups excluding carboxylic acids is 1. The maximum atomic E-state index is 12.9. The quantitative estimate of drug-likeness (QED) is 0.755. The molecular weight excluding hydrogens is 344 g/mol. The molecule has 0 saturated carbocycles.